The molecule has 1 aromatic carbocycles. The van der Waals surface area contributed by atoms with E-state index in [0.717, 1.165) is 0 Å². The Bertz CT molecular complexity index is 448. The fraction of sp³-hybridized carbons (Fsp3) is 0.400. The van der Waals surface area contributed by atoms with Gasteiger partial charge >= 0.3 is 5.69 Å². The van der Waals surface area contributed by atoms with E-state index in [1.54, 1.807) is 12.1 Å². The van der Waals surface area contributed by atoms with Gasteiger partial charge in [-0.05, 0) is 12.1 Å². The highest BCUT2D eigenvalue weighted by Gasteiger charge is 2.34. The molecule has 0 saturated carbocycles. The lowest BCUT2D eigenvalue weighted by Crippen LogP contribution is -2.63. The van der Waals surface area contributed by atoms with Crippen LogP contribution >= 0.6 is 11.6 Å². The molecule has 0 atom stereocenters. The van der Waals surface area contributed by atoms with Crippen molar-refractivity contribution >= 4 is 23.0 Å². The number of aliphatic hydroxyl groups is 1. The van der Waals surface area contributed by atoms with Gasteiger partial charge < -0.3 is 15.7 Å². The van der Waals surface area contributed by atoms with Crippen LogP contribution in [0.3, 0.4) is 0 Å². The summed E-state index contributed by atoms with van der Waals surface area (Å²) in [5.74, 6) is 0. The second-order valence-electron chi connectivity index (χ2n) is 4.07. The fourth-order valence-electron chi connectivity index (χ4n) is 1.64. The van der Waals surface area contributed by atoms with Crippen LogP contribution in [0.5, 0.6) is 0 Å². The fourth-order valence-corrected chi connectivity index (χ4v) is 1.89. The van der Waals surface area contributed by atoms with E-state index in [4.69, 9.17) is 11.6 Å². The Morgan fingerprint density at radius 1 is 1.59 bits per heavy atom. The van der Waals surface area contributed by atoms with Gasteiger partial charge in [-0.3, -0.25) is 10.1 Å². The molecular formula is C10H12ClN3O3. The van der Waals surface area contributed by atoms with Crippen molar-refractivity contribution in [3.05, 3.63) is 33.3 Å². The number of rotatable bonds is 4. The van der Waals surface area contributed by atoms with Crippen LogP contribution < -0.4 is 10.6 Å². The third kappa shape index (κ3) is 2.49. The first-order valence-corrected chi connectivity index (χ1v) is 5.49. The van der Waals surface area contributed by atoms with Crippen LogP contribution in [0.4, 0.5) is 11.4 Å². The van der Waals surface area contributed by atoms with Crippen LogP contribution in [0.25, 0.3) is 0 Å². The molecule has 17 heavy (non-hydrogen) atoms. The van der Waals surface area contributed by atoms with E-state index in [9.17, 15) is 15.2 Å². The van der Waals surface area contributed by atoms with Gasteiger partial charge in [-0.15, -0.1) is 0 Å². The molecule has 7 heteroatoms. The molecule has 2 rings (SSSR count). The topological polar surface area (TPSA) is 87.4 Å². The van der Waals surface area contributed by atoms with Crippen molar-refractivity contribution in [3.8, 4) is 0 Å². The molecule has 0 aromatic heterocycles. The van der Waals surface area contributed by atoms with Gasteiger partial charge in [-0.1, -0.05) is 17.7 Å². The smallest absolute Gasteiger partial charge is 0.310 e. The Kier molecular flexibility index (Phi) is 3.19. The summed E-state index contributed by atoms with van der Waals surface area (Å²) in [6, 6.07) is 4.66. The summed E-state index contributed by atoms with van der Waals surface area (Å²) in [6.45, 7) is 1.21. The largest absolute Gasteiger partial charge is 0.385 e. The third-order valence-electron chi connectivity index (χ3n) is 2.69. The Labute approximate surface area is 103 Å². The van der Waals surface area contributed by atoms with Crippen molar-refractivity contribution in [2.75, 3.05) is 25.0 Å². The minimum Gasteiger partial charge on any atom is -0.385 e. The average molecular weight is 258 g/mol. The van der Waals surface area contributed by atoms with E-state index in [-0.39, 0.29) is 17.3 Å². The van der Waals surface area contributed by atoms with Crippen LogP contribution in [0.1, 0.15) is 0 Å². The molecular weight excluding hydrogens is 246 g/mol. The number of nitro groups is 1. The zero-order valence-corrected chi connectivity index (χ0v) is 9.70. The zero-order valence-electron chi connectivity index (χ0n) is 8.94. The number of hydrogen-bond acceptors (Lipinski definition) is 5. The number of nitrogens with one attached hydrogen (secondary N) is 2. The number of nitrogens with zero attached hydrogens (tertiary/aromatic N) is 1. The summed E-state index contributed by atoms with van der Waals surface area (Å²) >= 11 is 5.77. The van der Waals surface area contributed by atoms with Crippen molar-refractivity contribution in [1.29, 1.82) is 0 Å². The van der Waals surface area contributed by atoms with Crippen LogP contribution in [0, 0.1) is 10.1 Å². The number of β-amino-alcohol motifs (C(OH)–C–C–N with tert-alkyl or cyclic N) is 1. The first-order valence-electron chi connectivity index (χ1n) is 5.12. The number of para-hydroxylation sites is 1. The Morgan fingerprint density at radius 2 is 2.29 bits per heavy atom. The number of halogens is 1. The normalized spacial score (nSPS) is 17.3. The lowest BCUT2D eigenvalue weighted by molar-refractivity contribution is -0.383. The minimum absolute atomic E-state index is 0.0822. The molecule has 3 N–H and O–H groups in total. The highest BCUT2D eigenvalue weighted by atomic mass is 35.5. The molecule has 1 saturated heterocycles. The quantitative estimate of drug-likeness (QED) is 0.553. The van der Waals surface area contributed by atoms with Crippen molar-refractivity contribution in [3.63, 3.8) is 0 Å². The maximum absolute atomic E-state index is 10.9. The van der Waals surface area contributed by atoms with E-state index < -0.39 is 10.5 Å². The predicted molar refractivity (Wildman–Crippen MR) is 64.4 cm³/mol. The first kappa shape index (κ1) is 12.1. The lowest BCUT2D eigenvalue weighted by atomic mass is 9.97. The maximum atomic E-state index is 10.9. The first-order chi connectivity index (χ1) is 8.02. The molecule has 1 aliphatic rings. The summed E-state index contributed by atoms with van der Waals surface area (Å²) in [7, 11) is 0. The molecule has 0 aliphatic carbocycles. The molecule has 1 aliphatic heterocycles. The molecule has 0 amide bonds. The van der Waals surface area contributed by atoms with Crippen LogP contribution in [-0.4, -0.2) is 35.3 Å². The lowest BCUT2D eigenvalue weighted by Gasteiger charge is -2.37. The minimum atomic E-state index is -0.837. The molecule has 1 fully saturated rings. The molecule has 0 radical (unpaired) electrons. The molecule has 0 unspecified atom stereocenters. The standard InChI is InChI=1S/C10H12ClN3O3/c11-7-2-1-3-8(9(7)14(16)17)13-6-10(15)4-12-5-10/h1-3,12-13,15H,4-6H2. The second kappa shape index (κ2) is 4.48. The van der Waals surface area contributed by atoms with E-state index in [1.807, 2.05) is 0 Å². The van der Waals surface area contributed by atoms with Crippen molar-refractivity contribution in [1.82, 2.24) is 5.32 Å². The Morgan fingerprint density at radius 3 is 2.82 bits per heavy atom. The molecule has 0 bridgehead atoms. The maximum Gasteiger partial charge on any atom is 0.310 e. The van der Waals surface area contributed by atoms with Gasteiger partial charge in [0.15, 0.2) is 0 Å². The molecule has 1 heterocycles. The molecule has 1 aromatic rings. The molecule has 92 valence electrons. The summed E-state index contributed by atoms with van der Waals surface area (Å²) in [6.07, 6.45) is 0. The number of anilines is 1. The van der Waals surface area contributed by atoms with Gasteiger partial charge in [0, 0.05) is 19.6 Å². The Balaban J connectivity index is 2.15. The monoisotopic (exact) mass is 257 g/mol. The van der Waals surface area contributed by atoms with Crippen LogP contribution in [-0.2, 0) is 0 Å². The highest BCUT2D eigenvalue weighted by Crippen LogP contribution is 2.32. The van der Waals surface area contributed by atoms with Crippen LogP contribution in [0.2, 0.25) is 5.02 Å². The molecule has 6 nitrogen and oxygen atoms in total. The number of hydrogen-bond donors (Lipinski definition) is 3. The van der Waals surface area contributed by atoms with Gasteiger partial charge in [-0.2, -0.15) is 0 Å². The van der Waals surface area contributed by atoms with E-state index >= 15 is 0 Å². The number of benzene rings is 1. The highest BCUT2D eigenvalue weighted by molar-refractivity contribution is 6.33. The van der Waals surface area contributed by atoms with Gasteiger partial charge in [-0.25, -0.2) is 0 Å². The number of nitro benzene ring substituents is 1. The zero-order chi connectivity index (χ0) is 12.5. The van der Waals surface area contributed by atoms with Gasteiger partial charge in [0.2, 0.25) is 0 Å². The summed E-state index contributed by atoms with van der Waals surface area (Å²) < 4.78 is 0. The van der Waals surface area contributed by atoms with E-state index in [1.165, 1.54) is 6.07 Å². The van der Waals surface area contributed by atoms with Crippen LogP contribution in [0.15, 0.2) is 18.2 Å². The molecule has 0 spiro atoms. The van der Waals surface area contributed by atoms with Gasteiger partial charge in [0.25, 0.3) is 0 Å². The Hall–Kier alpha value is -1.37. The van der Waals surface area contributed by atoms with Crippen molar-refractivity contribution < 1.29 is 10.0 Å². The third-order valence-corrected chi connectivity index (χ3v) is 2.99. The van der Waals surface area contributed by atoms with Gasteiger partial charge in [0.1, 0.15) is 16.3 Å². The van der Waals surface area contributed by atoms with Gasteiger partial charge in [0.05, 0.1) is 4.92 Å². The predicted octanol–water partition coefficient (Wildman–Crippen LogP) is 0.994. The van der Waals surface area contributed by atoms with E-state index in [0.29, 0.717) is 18.8 Å². The second-order valence-corrected chi connectivity index (χ2v) is 4.48. The average Bonchev–Trinajstić information content (AvgIpc) is 2.23. The SMILES string of the molecule is O=[N+]([O-])c1c(Cl)cccc1NCC1(O)CNC1. The van der Waals surface area contributed by atoms with Crippen molar-refractivity contribution in [2.24, 2.45) is 0 Å². The summed E-state index contributed by atoms with van der Waals surface area (Å²) in [4.78, 5) is 10.3. The summed E-state index contributed by atoms with van der Waals surface area (Å²) in [5, 5.41) is 26.6. The van der Waals surface area contributed by atoms with Crippen molar-refractivity contribution in [2.45, 2.75) is 5.60 Å². The summed E-state index contributed by atoms with van der Waals surface area (Å²) in [5.41, 5.74) is -0.677. The van der Waals surface area contributed by atoms with E-state index in [2.05, 4.69) is 10.6 Å².